The van der Waals surface area contributed by atoms with Crippen molar-refractivity contribution in [2.45, 2.75) is 33.1 Å². The summed E-state index contributed by atoms with van der Waals surface area (Å²) in [5.41, 5.74) is 2.83. The van der Waals surface area contributed by atoms with Crippen LogP contribution >= 0.6 is 27.3 Å². The number of benzene rings is 1. The second kappa shape index (κ2) is 9.52. The molecule has 0 unspecified atom stereocenters. The van der Waals surface area contributed by atoms with Gasteiger partial charge >= 0.3 is 0 Å². The number of piperidine rings is 1. The first-order valence-electron chi connectivity index (χ1n) is 9.43. The molecule has 0 bridgehead atoms. The summed E-state index contributed by atoms with van der Waals surface area (Å²) in [7, 11) is 0. The van der Waals surface area contributed by atoms with Gasteiger partial charge in [-0.25, -0.2) is 4.98 Å². The number of amides is 2. The Morgan fingerprint density at radius 3 is 2.68 bits per heavy atom. The highest BCUT2D eigenvalue weighted by atomic mass is 79.9. The quantitative estimate of drug-likeness (QED) is 0.679. The van der Waals surface area contributed by atoms with Crippen molar-refractivity contribution >= 4 is 49.9 Å². The molecule has 1 aliphatic heterocycles. The van der Waals surface area contributed by atoms with Crippen molar-refractivity contribution in [3.8, 4) is 0 Å². The van der Waals surface area contributed by atoms with E-state index in [1.807, 2.05) is 32.0 Å². The highest BCUT2D eigenvalue weighted by Crippen LogP contribution is 2.26. The summed E-state index contributed by atoms with van der Waals surface area (Å²) in [6, 6.07) is 5.72. The van der Waals surface area contributed by atoms with Gasteiger partial charge in [-0.2, -0.15) is 0 Å². The molecular formula is C20H25BrN4O2S. The van der Waals surface area contributed by atoms with Crippen molar-refractivity contribution in [1.82, 2.24) is 10.3 Å². The molecule has 1 aromatic carbocycles. The Balaban J connectivity index is 1.38. The molecule has 1 aromatic heterocycles. The first-order chi connectivity index (χ1) is 13.4. The molecule has 1 aliphatic rings. The topological polar surface area (TPSA) is 74.3 Å². The van der Waals surface area contributed by atoms with Crippen LogP contribution in [0.2, 0.25) is 0 Å². The molecular weight excluding hydrogens is 440 g/mol. The number of hydrogen-bond donors (Lipinski definition) is 2. The molecule has 0 spiro atoms. The molecule has 6 nitrogen and oxygen atoms in total. The van der Waals surface area contributed by atoms with E-state index < -0.39 is 0 Å². The van der Waals surface area contributed by atoms with Crippen molar-refractivity contribution < 1.29 is 9.59 Å². The number of halogens is 1. The van der Waals surface area contributed by atoms with Crippen LogP contribution in [0.1, 0.15) is 30.5 Å². The Labute approximate surface area is 177 Å². The lowest BCUT2D eigenvalue weighted by molar-refractivity contribution is -0.125. The third kappa shape index (κ3) is 5.54. The average Bonchev–Trinajstić information content (AvgIpc) is 3.10. The molecule has 150 valence electrons. The normalized spacial score (nSPS) is 14.8. The smallest absolute Gasteiger partial charge is 0.226 e. The van der Waals surface area contributed by atoms with Gasteiger partial charge in [-0.05, 0) is 50.5 Å². The summed E-state index contributed by atoms with van der Waals surface area (Å²) in [6.45, 7) is 5.98. The van der Waals surface area contributed by atoms with E-state index in [-0.39, 0.29) is 24.2 Å². The van der Waals surface area contributed by atoms with E-state index in [1.165, 1.54) is 0 Å². The van der Waals surface area contributed by atoms with Crippen molar-refractivity contribution in [2.75, 3.05) is 29.9 Å². The molecule has 28 heavy (non-hydrogen) atoms. The summed E-state index contributed by atoms with van der Waals surface area (Å²) in [5, 5.41) is 8.89. The molecule has 0 radical (unpaired) electrons. The lowest BCUT2D eigenvalue weighted by atomic mass is 9.96. The van der Waals surface area contributed by atoms with Gasteiger partial charge in [0.05, 0.1) is 5.69 Å². The van der Waals surface area contributed by atoms with E-state index in [0.717, 1.165) is 52.5 Å². The second-order valence-corrected chi connectivity index (χ2v) is 8.83. The molecule has 0 saturated carbocycles. The minimum absolute atomic E-state index is 0.00842. The molecule has 3 rings (SSSR count). The maximum Gasteiger partial charge on any atom is 0.226 e. The lowest BCUT2D eigenvalue weighted by Crippen LogP contribution is -2.41. The minimum atomic E-state index is -0.0975. The Hall–Kier alpha value is -1.93. The zero-order valence-corrected chi connectivity index (χ0v) is 18.5. The fourth-order valence-electron chi connectivity index (χ4n) is 3.24. The number of rotatable bonds is 6. The Kier molecular flexibility index (Phi) is 7.07. The van der Waals surface area contributed by atoms with E-state index in [4.69, 9.17) is 0 Å². The van der Waals surface area contributed by atoms with Gasteiger partial charge in [0.25, 0.3) is 0 Å². The number of aromatic nitrogens is 1. The molecule has 2 aromatic rings. The average molecular weight is 465 g/mol. The third-order valence-corrected chi connectivity index (χ3v) is 6.37. The second-order valence-electron chi connectivity index (χ2n) is 7.08. The van der Waals surface area contributed by atoms with Crippen molar-refractivity contribution in [3.63, 3.8) is 0 Å². The first-order valence-corrected chi connectivity index (χ1v) is 11.1. The lowest BCUT2D eigenvalue weighted by Gasteiger charge is -2.31. The summed E-state index contributed by atoms with van der Waals surface area (Å²) >= 11 is 5.06. The standard InChI is InChI=1S/C20H25BrN4O2S/c1-13-11-16(21)3-4-17(13)24-18(26)5-8-22-19(27)15-6-9-25(10-7-15)20-23-14(2)12-28-20/h3-4,11-12,15H,5-10H2,1-2H3,(H,22,27)(H,24,26). The van der Waals surface area contributed by atoms with Crippen LogP contribution in [0.3, 0.4) is 0 Å². The predicted molar refractivity (Wildman–Crippen MR) is 117 cm³/mol. The summed E-state index contributed by atoms with van der Waals surface area (Å²) < 4.78 is 0.978. The van der Waals surface area contributed by atoms with Crippen LogP contribution in [-0.4, -0.2) is 36.4 Å². The fourth-order valence-corrected chi connectivity index (χ4v) is 4.58. The SMILES string of the molecule is Cc1csc(N2CCC(C(=O)NCCC(=O)Nc3ccc(Br)cc3C)CC2)n1. The van der Waals surface area contributed by atoms with Gasteiger partial charge < -0.3 is 15.5 Å². The molecule has 0 atom stereocenters. The fraction of sp³-hybridized carbons (Fsp3) is 0.450. The number of nitrogens with zero attached hydrogens (tertiary/aromatic N) is 2. The zero-order valence-electron chi connectivity index (χ0n) is 16.1. The predicted octanol–water partition coefficient (Wildman–Crippen LogP) is 3.88. The van der Waals surface area contributed by atoms with Gasteiger partial charge in [-0.15, -0.1) is 11.3 Å². The van der Waals surface area contributed by atoms with Gasteiger partial charge in [0.1, 0.15) is 0 Å². The van der Waals surface area contributed by atoms with Crippen molar-refractivity contribution in [1.29, 1.82) is 0 Å². The van der Waals surface area contributed by atoms with E-state index in [9.17, 15) is 9.59 Å². The van der Waals surface area contributed by atoms with Crippen molar-refractivity contribution in [2.24, 2.45) is 5.92 Å². The van der Waals surface area contributed by atoms with Crippen LogP contribution in [0.4, 0.5) is 10.8 Å². The summed E-state index contributed by atoms with van der Waals surface area (Å²) in [5.74, 6) is -0.0450. The first kappa shape index (κ1) is 20.8. The number of anilines is 2. The number of carbonyl (C=O) groups excluding carboxylic acids is 2. The van der Waals surface area contributed by atoms with Gasteiger partial charge in [0, 0.05) is 47.5 Å². The van der Waals surface area contributed by atoms with Gasteiger partial charge in [0.2, 0.25) is 11.8 Å². The molecule has 8 heteroatoms. The minimum Gasteiger partial charge on any atom is -0.355 e. The number of thiazole rings is 1. The summed E-state index contributed by atoms with van der Waals surface area (Å²) in [4.78, 5) is 31.3. The van der Waals surface area contributed by atoms with E-state index in [0.29, 0.717) is 6.54 Å². The Morgan fingerprint density at radius 2 is 2.04 bits per heavy atom. The molecule has 0 aliphatic carbocycles. The van der Waals surface area contributed by atoms with Crippen LogP contribution in [0.15, 0.2) is 28.1 Å². The zero-order chi connectivity index (χ0) is 20.1. The molecule has 2 N–H and O–H groups in total. The van der Waals surface area contributed by atoms with Crippen LogP contribution < -0.4 is 15.5 Å². The molecule has 1 fully saturated rings. The monoisotopic (exact) mass is 464 g/mol. The highest BCUT2D eigenvalue weighted by molar-refractivity contribution is 9.10. The van der Waals surface area contributed by atoms with Gasteiger partial charge in [0.15, 0.2) is 5.13 Å². The molecule has 2 heterocycles. The Morgan fingerprint density at radius 1 is 1.29 bits per heavy atom. The van der Waals surface area contributed by atoms with Gasteiger partial charge in [-0.3, -0.25) is 9.59 Å². The molecule has 1 saturated heterocycles. The molecule has 2 amide bonds. The largest absolute Gasteiger partial charge is 0.355 e. The Bertz CT molecular complexity index is 846. The van der Waals surface area contributed by atoms with Crippen LogP contribution in [0.25, 0.3) is 0 Å². The number of nitrogens with one attached hydrogen (secondary N) is 2. The summed E-state index contributed by atoms with van der Waals surface area (Å²) in [6.07, 6.45) is 1.89. The maximum absolute atomic E-state index is 12.4. The van der Waals surface area contributed by atoms with E-state index in [1.54, 1.807) is 11.3 Å². The van der Waals surface area contributed by atoms with E-state index >= 15 is 0 Å². The van der Waals surface area contributed by atoms with Crippen LogP contribution in [0.5, 0.6) is 0 Å². The van der Waals surface area contributed by atoms with Crippen LogP contribution in [-0.2, 0) is 9.59 Å². The number of aryl methyl sites for hydroxylation is 2. The highest BCUT2D eigenvalue weighted by Gasteiger charge is 2.26. The number of carbonyl (C=O) groups is 2. The van der Waals surface area contributed by atoms with Crippen LogP contribution in [0, 0.1) is 19.8 Å². The number of hydrogen-bond acceptors (Lipinski definition) is 5. The third-order valence-electron chi connectivity index (χ3n) is 4.86. The van der Waals surface area contributed by atoms with E-state index in [2.05, 4.69) is 41.8 Å². The van der Waals surface area contributed by atoms with Gasteiger partial charge in [-0.1, -0.05) is 15.9 Å². The van der Waals surface area contributed by atoms with Crippen molar-refractivity contribution in [3.05, 3.63) is 39.3 Å². The maximum atomic E-state index is 12.4.